The van der Waals surface area contributed by atoms with Crippen molar-refractivity contribution in [1.29, 1.82) is 0 Å². The van der Waals surface area contributed by atoms with Crippen LogP contribution in [-0.4, -0.2) is 47.2 Å². The molecule has 0 aliphatic heterocycles. The summed E-state index contributed by atoms with van der Waals surface area (Å²) in [6, 6.07) is 1.99. The van der Waals surface area contributed by atoms with E-state index >= 15 is 0 Å². The van der Waals surface area contributed by atoms with E-state index in [0.29, 0.717) is 0 Å². The Bertz CT molecular complexity index is 467. The number of halogens is 2. The molecule has 1 heterocycles. The maximum Gasteiger partial charge on any atom is 0.388 e. The first-order chi connectivity index (χ1) is 9.38. The zero-order valence-corrected chi connectivity index (χ0v) is 10.5. The summed E-state index contributed by atoms with van der Waals surface area (Å²) in [6.07, 6.45) is 0.976. The minimum Gasteiger partial charge on any atom is -0.481 e. The van der Waals surface area contributed by atoms with Gasteiger partial charge >= 0.3 is 18.6 Å². The van der Waals surface area contributed by atoms with E-state index in [2.05, 4.69) is 15.0 Å². The number of carboxylic acids is 1. The topological polar surface area (TPSA) is 91.8 Å². The number of hydrogen-bond acceptors (Lipinski definition) is 4. The van der Waals surface area contributed by atoms with Crippen LogP contribution in [0.1, 0.15) is 6.42 Å². The number of alkyl halides is 2. The fraction of sp³-hybridized carbons (Fsp3) is 0.364. The van der Waals surface area contributed by atoms with Crippen molar-refractivity contribution < 1.29 is 28.2 Å². The van der Waals surface area contributed by atoms with Crippen molar-refractivity contribution in [2.75, 3.05) is 18.9 Å². The molecule has 0 saturated heterocycles. The van der Waals surface area contributed by atoms with Crippen molar-refractivity contribution in [3.63, 3.8) is 0 Å². The van der Waals surface area contributed by atoms with Crippen LogP contribution in [0, 0.1) is 0 Å². The number of carbonyl (C=O) groups excluding carboxylic acids is 1. The van der Waals surface area contributed by atoms with Crippen LogP contribution in [0.5, 0.6) is 5.88 Å². The molecular weight excluding hydrogens is 276 g/mol. The van der Waals surface area contributed by atoms with Crippen LogP contribution in [0.25, 0.3) is 0 Å². The van der Waals surface area contributed by atoms with Gasteiger partial charge in [0, 0.05) is 19.7 Å². The highest BCUT2D eigenvalue weighted by Gasteiger charge is 2.11. The molecule has 1 aromatic heterocycles. The predicted octanol–water partition coefficient (Wildman–Crippen LogP) is 1.62. The molecule has 0 bridgehead atoms. The number of pyridine rings is 1. The summed E-state index contributed by atoms with van der Waals surface area (Å²) in [5.41, 5.74) is 0.277. The first-order valence-corrected chi connectivity index (χ1v) is 5.53. The predicted molar refractivity (Wildman–Crippen MR) is 64.8 cm³/mol. The van der Waals surface area contributed by atoms with Gasteiger partial charge < -0.3 is 20.1 Å². The Hall–Kier alpha value is -2.45. The van der Waals surface area contributed by atoms with Gasteiger partial charge in [-0.2, -0.15) is 8.78 Å². The maximum absolute atomic E-state index is 11.9. The fourth-order valence-electron chi connectivity index (χ4n) is 1.20. The third-order valence-corrected chi connectivity index (χ3v) is 2.21. The van der Waals surface area contributed by atoms with Gasteiger partial charge in [0.1, 0.15) is 0 Å². The number of aliphatic carboxylic acids is 1. The second-order valence-corrected chi connectivity index (χ2v) is 3.76. The van der Waals surface area contributed by atoms with E-state index in [0.717, 1.165) is 6.20 Å². The Balaban J connectivity index is 2.51. The number of ether oxygens (including phenoxy) is 1. The van der Waals surface area contributed by atoms with Crippen LogP contribution >= 0.6 is 0 Å². The smallest absolute Gasteiger partial charge is 0.388 e. The standard InChI is InChI=1S/C11H13F2N3O4/c1-16(5-4-9(17)18)11(19)15-7-2-3-8(14-6-7)20-10(12)13/h2-3,6,10H,4-5H2,1H3,(H,15,19)(H,17,18). The van der Waals surface area contributed by atoms with Crippen LogP contribution in [0.2, 0.25) is 0 Å². The van der Waals surface area contributed by atoms with Crippen LogP contribution in [0.4, 0.5) is 19.3 Å². The number of urea groups is 1. The van der Waals surface area contributed by atoms with Crippen LogP contribution < -0.4 is 10.1 Å². The van der Waals surface area contributed by atoms with Gasteiger partial charge in [-0.15, -0.1) is 0 Å². The van der Waals surface area contributed by atoms with Crippen LogP contribution in [-0.2, 0) is 4.79 Å². The summed E-state index contributed by atoms with van der Waals surface area (Å²) in [6.45, 7) is -2.92. The van der Waals surface area contributed by atoms with E-state index in [1.807, 2.05) is 0 Å². The van der Waals surface area contributed by atoms with E-state index in [9.17, 15) is 18.4 Å². The minimum absolute atomic E-state index is 0.0428. The lowest BCUT2D eigenvalue weighted by Crippen LogP contribution is -2.33. The van der Waals surface area contributed by atoms with Gasteiger partial charge in [-0.3, -0.25) is 4.79 Å². The molecule has 0 atom stereocenters. The number of hydrogen-bond donors (Lipinski definition) is 2. The summed E-state index contributed by atoms with van der Waals surface area (Å²) in [5, 5.41) is 10.9. The Morgan fingerprint density at radius 2 is 2.20 bits per heavy atom. The monoisotopic (exact) mass is 289 g/mol. The third kappa shape index (κ3) is 5.46. The molecule has 9 heteroatoms. The van der Waals surface area contributed by atoms with Gasteiger partial charge in [-0.25, -0.2) is 9.78 Å². The number of nitrogens with one attached hydrogen (secondary N) is 1. The van der Waals surface area contributed by atoms with Gasteiger partial charge in [0.2, 0.25) is 5.88 Å². The molecule has 0 radical (unpaired) electrons. The molecular formula is C11H13F2N3O4. The number of nitrogens with zero attached hydrogens (tertiary/aromatic N) is 2. The first-order valence-electron chi connectivity index (χ1n) is 5.53. The summed E-state index contributed by atoms with van der Waals surface area (Å²) < 4.78 is 27.9. The maximum atomic E-state index is 11.9. The van der Waals surface area contributed by atoms with Crippen LogP contribution in [0.15, 0.2) is 18.3 Å². The molecule has 0 aliphatic carbocycles. The van der Waals surface area contributed by atoms with Crippen LogP contribution in [0.3, 0.4) is 0 Å². The number of carboxylic acid groups (broad SMARTS) is 1. The Kier molecular flexibility index (Phi) is 5.63. The highest BCUT2D eigenvalue weighted by Crippen LogP contribution is 2.14. The van der Waals surface area contributed by atoms with E-state index in [4.69, 9.17) is 5.11 Å². The van der Waals surface area contributed by atoms with E-state index in [-0.39, 0.29) is 24.5 Å². The largest absolute Gasteiger partial charge is 0.481 e. The summed E-state index contributed by atoms with van der Waals surface area (Å²) in [4.78, 5) is 26.8. The van der Waals surface area contributed by atoms with Crippen molar-refractivity contribution in [3.8, 4) is 5.88 Å². The average molecular weight is 289 g/mol. The Morgan fingerprint density at radius 3 is 2.70 bits per heavy atom. The lowest BCUT2D eigenvalue weighted by molar-refractivity contribution is -0.137. The molecule has 1 aromatic rings. The van der Waals surface area contributed by atoms with Crippen molar-refractivity contribution >= 4 is 17.7 Å². The number of anilines is 1. The van der Waals surface area contributed by atoms with E-state index in [1.165, 1.54) is 24.1 Å². The van der Waals surface area contributed by atoms with Crippen molar-refractivity contribution in [2.45, 2.75) is 13.0 Å². The summed E-state index contributed by atoms with van der Waals surface area (Å²) in [5.74, 6) is -1.28. The normalized spacial score (nSPS) is 10.2. The molecule has 0 aromatic carbocycles. The SMILES string of the molecule is CN(CCC(=O)O)C(=O)Nc1ccc(OC(F)F)nc1. The first kappa shape index (κ1) is 15.6. The van der Waals surface area contributed by atoms with Crippen molar-refractivity contribution in [3.05, 3.63) is 18.3 Å². The highest BCUT2D eigenvalue weighted by atomic mass is 19.3. The van der Waals surface area contributed by atoms with Gasteiger partial charge in [-0.1, -0.05) is 0 Å². The number of amides is 2. The number of rotatable bonds is 6. The lowest BCUT2D eigenvalue weighted by Gasteiger charge is -2.16. The fourth-order valence-corrected chi connectivity index (χ4v) is 1.20. The molecule has 0 fully saturated rings. The third-order valence-electron chi connectivity index (χ3n) is 2.21. The summed E-state index contributed by atoms with van der Waals surface area (Å²) >= 11 is 0. The molecule has 7 nitrogen and oxygen atoms in total. The summed E-state index contributed by atoms with van der Waals surface area (Å²) in [7, 11) is 1.43. The molecule has 0 saturated carbocycles. The molecule has 0 aliphatic rings. The highest BCUT2D eigenvalue weighted by molar-refractivity contribution is 5.89. The molecule has 2 amide bonds. The minimum atomic E-state index is -2.97. The Labute approximate surface area is 113 Å². The van der Waals surface area contributed by atoms with Gasteiger partial charge in [0.25, 0.3) is 0 Å². The molecule has 110 valence electrons. The molecule has 1 rings (SSSR count). The van der Waals surface area contributed by atoms with Gasteiger partial charge in [0.05, 0.1) is 18.3 Å². The van der Waals surface area contributed by atoms with Gasteiger partial charge in [0.15, 0.2) is 0 Å². The number of aromatic nitrogens is 1. The Morgan fingerprint density at radius 1 is 1.50 bits per heavy atom. The average Bonchev–Trinajstić information content (AvgIpc) is 2.37. The zero-order chi connectivity index (χ0) is 15.1. The molecule has 0 unspecified atom stereocenters. The zero-order valence-electron chi connectivity index (χ0n) is 10.5. The van der Waals surface area contributed by atoms with Crippen molar-refractivity contribution in [2.24, 2.45) is 0 Å². The lowest BCUT2D eigenvalue weighted by atomic mass is 10.4. The number of carbonyl (C=O) groups is 2. The van der Waals surface area contributed by atoms with E-state index < -0.39 is 18.6 Å². The molecule has 20 heavy (non-hydrogen) atoms. The quantitative estimate of drug-likeness (QED) is 0.830. The van der Waals surface area contributed by atoms with Crippen molar-refractivity contribution in [1.82, 2.24) is 9.88 Å². The molecule has 2 N–H and O–H groups in total. The van der Waals surface area contributed by atoms with E-state index in [1.54, 1.807) is 0 Å². The second kappa shape index (κ2) is 7.22. The second-order valence-electron chi connectivity index (χ2n) is 3.76. The molecule has 0 spiro atoms. The van der Waals surface area contributed by atoms with Gasteiger partial charge in [-0.05, 0) is 6.07 Å².